The van der Waals surface area contributed by atoms with Crippen molar-refractivity contribution in [1.82, 2.24) is 10.2 Å². The van der Waals surface area contributed by atoms with Crippen LogP contribution >= 0.6 is 0 Å². The predicted octanol–water partition coefficient (Wildman–Crippen LogP) is -0.435. The van der Waals surface area contributed by atoms with E-state index in [0.717, 1.165) is 0 Å². The molecular weight excluding hydrogens is 238 g/mol. The number of hydrogen-bond donors (Lipinski definition) is 2. The highest BCUT2D eigenvalue weighted by molar-refractivity contribution is 6.02. The van der Waals surface area contributed by atoms with Gasteiger partial charge in [-0.25, -0.2) is 9.89 Å². The summed E-state index contributed by atoms with van der Waals surface area (Å²) in [6.07, 6.45) is 0. The van der Waals surface area contributed by atoms with Crippen LogP contribution < -0.4 is 11.3 Å². The molecule has 0 saturated heterocycles. The predicted molar refractivity (Wildman–Crippen MR) is 61.8 cm³/mol. The fourth-order valence-electron chi connectivity index (χ4n) is 1.48. The number of H-pyrrole nitrogens is 1. The Morgan fingerprint density at radius 3 is 2.61 bits per heavy atom. The van der Waals surface area contributed by atoms with Crippen molar-refractivity contribution in [1.29, 1.82) is 0 Å². The molecule has 0 radical (unpaired) electrons. The first-order valence-corrected chi connectivity index (χ1v) is 5.02. The molecule has 0 bridgehead atoms. The number of ether oxygens (including phenoxy) is 1. The first kappa shape index (κ1) is 11.8. The van der Waals surface area contributed by atoms with Gasteiger partial charge in [0, 0.05) is 5.39 Å². The molecule has 0 spiro atoms. The lowest BCUT2D eigenvalue weighted by molar-refractivity contribution is -0.121. The molecule has 2 rings (SSSR count). The maximum Gasteiger partial charge on any atom is 0.359 e. The summed E-state index contributed by atoms with van der Waals surface area (Å²) >= 11 is 0. The van der Waals surface area contributed by atoms with Crippen LogP contribution in [0.5, 0.6) is 0 Å². The second-order valence-electron chi connectivity index (χ2n) is 3.49. The number of amides is 1. The van der Waals surface area contributed by atoms with E-state index in [-0.39, 0.29) is 5.69 Å². The van der Waals surface area contributed by atoms with Crippen LogP contribution in [-0.4, -0.2) is 28.7 Å². The summed E-state index contributed by atoms with van der Waals surface area (Å²) in [6.45, 7) is -0.534. The number of carbonyl (C=O) groups excluding carboxylic acids is 2. The molecular formula is C11H9N3O4. The minimum atomic E-state index is -0.818. The summed E-state index contributed by atoms with van der Waals surface area (Å²) in [4.78, 5) is 33.7. The number of aromatic amines is 1. The molecule has 1 aromatic carbocycles. The van der Waals surface area contributed by atoms with Gasteiger partial charge in [0.15, 0.2) is 12.3 Å². The lowest BCUT2D eigenvalue weighted by Crippen LogP contribution is -2.22. The molecule has 0 fully saturated rings. The topological polar surface area (TPSA) is 115 Å². The zero-order valence-electron chi connectivity index (χ0n) is 9.17. The molecule has 0 atom stereocenters. The van der Waals surface area contributed by atoms with Crippen LogP contribution in [-0.2, 0) is 9.53 Å². The van der Waals surface area contributed by atoms with E-state index in [0.29, 0.717) is 10.8 Å². The lowest BCUT2D eigenvalue weighted by atomic mass is 10.1. The Kier molecular flexibility index (Phi) is 3.05. The van der Waals surface area contributed by atoms with Crippen molar-refractivity contribution < 1.29 is 14.3 Å². The third kappa shape index (κ3) is 2.19. The van der Waals surface area contributed by atoms with E-state index in [1.807, 2.05) is 0 Å². The number of hydrogen-bond acceptors (Lipinski definition) is 5. The largest absolute Gasteiger partial charge is 0.451 e. The van der Waals surface area contributed by atoms with Crippen molar-refractivity contribution in [2.75, 3.05) is 6.61 Å². The molecule has 0 aliphatic heterocycles. The molecule has 0 unspecified atom stereocenters. The molecule has 3 N–H and O–H groups in total. The van der Waals surface area contributed by atoms with Crippen molar-refractivity contribution in [2.45, 2.75) is 0 Å². The van der Waals surface area contributed by atoms with E-state index in [9.17, 15) is 14.4 Å². The van der Waals surface area contributed by atoms with Crippen molar-refractivity contribution in [3.8, 4) is 0 Å². The number of esters is 1. The number of nitrogens with one attached hydrogen (secondary N) is 1. The summed E-state index contributed by atoms with van der Waals surface area (Å²) < 4.78 is 4.64. The highest BCUT2D eigenvalue weighted by atomic mass is 16.5. The Labute approximate surface area is 101 Å². The van der Waals surface area contributed by atoms with E-state index in [1.165, 1.54) is 0 Å². The number of primary amides is 1. The number of benzene rings is 1. The smallest absolute Gasteiger partial charge is 0.359 e. The SMILES string of the molecule is NC(=O)COC(=O)c1n[nH]c(=O)c2ccccc12. The summed E-state index contributed by atoms with van der Waals surface area (Å²) in [5.74, 6) is -1.58. The van der Waals surface area contributed by atoms with Gasteiger partial charge in [-0.1, -0.05) is 18.2 Å². The Morgan fingerprint density at radius 2 is 1.94 bits per heavy atom. The van der Waals surface area contributed by atoms with E-state index in [4.69, 9.17) is 5.73 Å². The third-order valence-electron chi connectivity index (χ3n) is 2.23. The van der Waals surface area contributed by atoms with E-state index in [1.54, 1.807) is 24.3 Å². The third-order valence-corrected chi connectivity index (χ3v) is 2.23. The second kappa shape index (κ2) is 4.66. The van der Waals surface area contributed by atoms with Crippen LogP contribution in [0.15, 0.2) is 29.1 Å². The zero-order valence-corrected chi connectivity index (χ0v) is 9.17. The monoisotopic (exact) mass is 247 g/mol. The van der Waals surface area contributed by atoms with Crippen LogP contribution in [0.2, 0.25) is 0 Å². The minimum Gasteiger partial charge on any atom is -0.451 e. The fourth-order valence-corrected chi connectivity index (χ4v) is 1.48. The van der Waals surface area contributed by atoms with Gasteiger partial charge in [0.2, 0.25) is 0 Å². The fraction of sp³-hybridized carbons (Fsp3) is 0.0909. The van der Waals surface area contributed by atoms with Crippen LogP contribution in [0.3, 0.4) is 0 Å². The molecule has 0 aliphatic carbocycles. The summed E-state index contributed by atoms with van der Waals surface area (Å²) in [7, 11) is 0. The minimum absolute atomic E-state index is 0.0635. The van der Waals surface area contributed by atoms with Crippen LogP contribution in [0, 0.1) is 0 Å². The highest BCUT2D eigenvalue weighted by Crippen LogP contribution is 2.12. The van der Waals surface area contributed by atoms with E-state index >= 15 is 0 Å². The number of aromatic nitrogens is 2. The van der Waals surface area contributed by atoms with Gasteiger partial charge in [-0.05, 0) is 6.07 Å². The Balaban J connectivity index is 2.45. The zero-order chi connectivity index (χ0) is 13.1. The van der Waals surface area contributed by atoms with Crippen LogP contribution in [0.25, 0.3) is 10.8 Å². The molecule has 0 aliphatic rings. The Bertz CT molecular complexity index is 677. The van der Waals surface area contributed by atoms with Gasteiger partial charge in [-0.3, -0.25) is 9.59 Å². The number of nitrogens with zero attached hydrogens (tertiary/aromatic N) is 1. The molecule has 18 heavy (non-hydrogen) atoms. The van der Waals surface area contributed by atoms with Gasteiger partial charge in [0.1, 0.15) is 0 Å². The van der Waals surface area contributed by atoms with E-state index < -0.39 is 24.0 Å². The maximum absolute atomic E-state index is 11.7. The second-order valence-corrected chi connectivity index (χ2v) is 3.49. The van der Waals surface area contributed by atoms with Crippen molar-refractivity contribution in [3.63, 3.8) is 0 Å². The molecule has 1 amide bonds. The number of rotatable bonds is 3. The lowest BCUT2D eigenvalue weighted by Gasteiger charge is -2.04. The van der Waals surface area contributed by atoms with Gasteiger partial charge in [0.25, 0.3) is 11.5 Å². The molecule has 2 aromatic rings. The van der Waals surface area contributed by atoms with Gasteiger partial charge >= 0.3 is 5.97 Å². The quantitative estimate of drug-likeness (QED) is 0.714. The molecule has 1 heterocycles. The standard InChI is InChI=1S/C11H9N3O4/c12-8(15)5-18-11(17)9-6-3-1-2-4-7(6)10(16)14-13-9/h1-4H,5H2,(H2,12,15)(H,14,16). The van der Waals surface area contributed by atoms with Gasteiger partial charge in [-0.2, -0.15) is 5.10 Å². The van der Waals surface area contributed by atoms with Crippen molar-refractivity contribution in [2.24, 2.45) is 5.73 Å². The number of nitrogens with two attached hydrogens (primary N) is 1. The summed E-state index contributed by atoms with van der Waals surface area (Å²) in [5.41, 5.74) is 4.39. The Morgan fingerprint density at radius 1 is 1.28 bits per heavy atom. The summed E-state index contributed by atoms with van der Waals surface area (Å²) in [5, 5.41) is 6.48. The van der Waals surface area contributed by atoms with Crippen LogP contribution in [0.1, 0.15) is 10.5 Å². The van der Waals surface area contributed by atoms with Crippen LogP contribution in [0.4, 0.5) is 0 Å². The summed E-state index contributed by atoms with van der Waals surface area (Å²) in [6, 6.07) is 6.45. The molecule has 92 valence electrons. The highest BCUT2D eigenvalue weighted by Gasteiger charge is 2.15. The molecule has 7 nitrogen and oxygen atoms in total. The van der Waals surface area contributed by atoms with Crippen molar-refractivity contribution >= 4 is 22.6 Å². The molecule has 7 heteroatoms. The first-order valence-electron chi connectivity index (χ1n) is 5.02. The van der Waals surface area contributed by atoms with Gasteiger partial charge in [-0.15, -0.1) is 0 Å². The average molecular weight is 247 g/mol. The normalized spacial score (nSPS) is 10.2. The van der Waals surface area contributed by atoms with Crippen molar-refractivity contribution in [3.05, 3.63) is 40.3 Å². The Hall–Kier alpha value is -2.70. The van der Waals surface area contributed by atoms with Gasteiger partial charge < -0.3 is 10.5 Å². The molecule has 0 saturated carbocycles. The number of fused-ring (bicyclic) bond motifs is 1. The maximum atomic E-state index is 11.7. The first-order chi connectivity index (χ1) is 8.59. The average Bonchev–Trinajstić information content (AvgIpc) is 2.37. The van der Waals surface area contributed by atoms with Gasteiger partial charge in [0.05, 0.1) is 5.39 Å². The number of carbonyl (C=O) groups is 2. The van der Waals surface area contributed by atoms with E-state index in [2.05, 4.69) is 14.9 Å². The molecule has 1 aromatic heterocycles.